The summed E-state index contributed by atoms with van der Waals surface area (Å²) in [5, 5.41) is 30.7. The Morgan fingerprint density at radius 2 is 1.05 bits per heavy atom. The summed E-state index contributed by atoms with van der Waals surface area (Å²) >= 11 is 0. The van der Waals surface area contributed by atoms with Crippen LogP contribution in [0.25, 0.3) is 0 Å². The molecule has 63 heavy (non-hydrogen) atoms. The van der Waals surface area contributed by atoms with Gasteiger partial charge < -0.3 is 34.3 Å². The van der Waals surface area contributed by atoms with Crippen LogP contribution in [0.1, 0.15) is 200 Å². The van der Waals surface area contributed by atoms with Gasteiger partial charge in [-0.05, 0) is 77.0 Å². The molecule has 1 saturated heterocycles. The second kappa shape index (κ2) is 41.5. The summed E-state index contributed by atoms with van der Waals surface area (Å²) in [7, 11) is -5.07. The molecule has 12 nitrogen and oxygen atoms in total. The van der Waals surface area contributed by atoms with Crippen molar-refractivity contribution >= 4 is 16.4 Å². The Bertz CT molecular complexity index is 1290. The lowest BCUT2D eigenvalue weighted by molar-refractivity contribution is -0.301. The van der Waals surface area contributed by atoms with Crippen molar-refractivity contribution in [2.24, 2.45) is 0 Å². The first-order valence-electron chi connectivity index (χ1n) is 24.9. The zero-order valence-electron chi connectivity index (χ0n) is 39.4. The number of allylic oxidation sites excluding steroid dienone is 8. The van der Waals surface area contributed by atoms with Crippen LogP contribution in [-0.4, -0.2) is 97.5 Å². The fraction of sp³-hybridized carbons (Fsp3) is 0.820. The Labute approximate surface area is 383 Å². The van der Waals surface area contributed by atoms with Crippen LogP contribution in [0.15, 0.2) is 48.6 Å². The average molecular weight is 915 g/mol. The van der Waals surface area contributed by atoms with Gasteiger partial charge in [0.25, 0.3) is 0 Å². The van der Waals surface area contributed by atoms with E-state index in [1.54, 1.807) is 0 Å². The number of carbonyl (C=O) groups excluding carboxylic acids is 1. The molecule has 0 aromatic carbocycles. The third kappa shape index (κ3) is 35.0. The molecular formula is C50H90O12S. The van der Waals surface area contributed by atoms with Gasteiger partial charge in [-0.25, -0.2) is 4.18 Å². The summed E-state index contributed by atoms with van der Waals surface area (Å²) in [5.74, 6) is -0.414. The molecule has 0 aromatic rings. The summed E-state index contributed by atoms with van der Waals surface area (Å²) in [6, 6.07) is 0. The van der Waals surface area contributed by atoms with Crippen molar-refractivity contribution in [2.45, 2.75) is 237 Å². The summed E-state index contributed by atoms with van der Waals surface area (Å²) in [5.41, 5.74) is 0. The summed E-state index contributed by atoms with van der Waals surface area (Å²) < 4.78 is 59.2. The minimum Gasteiger partial charge on any atom is -0.457 e. The third-order valence-corrected chi connectivity index (χ3v) is 11.6. The predicted molar refractivity (Wildman–Crippen MR) is 253 cm³/mol. The summed E-state index contributed by atoms with van der Waals surface area (Å²) in [6.45, 7) is 3.94. The van der Waals surface area contributed by atoms with E-state index in [1.165, 1.54) is 96.3 Å². The number of esters is 1. The molecule has 13 heteroatoms. The number of hydrogen-bond acceptors (Lipinski definition) is 11. The van der Waals surface area contributed by atoms with Gasteiger partial charge in [0.05, 0.1) is 19.8 Å². The van der Waals surface area contributed by atoms with E-state index >= 15 is 0 Å². The van der Waals surface area contributed by atoms with Gasteiger partial charge in [-0.3, -0.25) is 9.35 Å². The molecule has 6 atom stereocenters. The normalized spacial score (nSPS) is 20.3. The highest BCUT2D eigenvalue weighted by Crippen LogP contribution is 2.26. The van der Waals surface area contributed by atoms with Crippen molar-refractivity contribution in [3.05, 3.63) is 48.6 Å². The smallest absolute Gasteiger partial charge is 0.397 e. The quantitative estimate of drug-likeness (QED) is 0.0197. The second-order valence-electron chi connectivity index (χ2n) is 17.0. The highest BCUT2D eigenvalue weighted by molar-refractivity contribution is 7.80. The van der Waals surface area contributed by atoms with E-state index in [2.05, 4.69) is 66.6 Å². The van der Waals surface area contributed by atoms with E-state index < -0.39 is 59.8 Å². The lowest BCUT2D eigenvalue weighted by Crippen LogP contribution is -2.60. The zero-order chi connectivity index (χ0) is 46.1. The Hall–Kier alpha value is -1.94. The number of hydrogen-bond donors (Lipinski definition) is 4. The Morgan fingerprint density at radius 3 is 1.57 bits per heavy atom. The van der Waals surface area contributed by atoms with Crippen LogP contribution in [0, 0.1) is 0 Å². The van der Waals surface area contributed by atoms with Crippen molar-refractivity contribution in [3.63, 3.8) is 0 Å². The SMILES string of the molecule is CCCCC/C=C\C/C=C\C/C=C\CCCCCCCCC(=O)OC(COCCCCCCCC/C=C\CCCCCCCCC)COC1OC(CO)C(O)C(OS(=O)(=O)O)C1O. The average Bonchev–Trinajstić information content (AvgIpc) is 3.26. The van der Waals surface area contributed by atoms with Crippen molar-refractivity contribution in [3.8, 4) is 0 Å². The molecule has 1 aliphatic heterocycles. The largest absolute Gasteiger partial charge is 0.457 e. The maximum absolute atomic E-state index is 12.9. The number of aliphatic hydroxyl groups is 3. The predicted octanol–water partition coefficient (Wildman–Crippen LogP) is 11.1. The van der Waals surface area contributed by atoms with Gasteiger partial charge in [0.15, 0.2) is 6.29 Å². The molecule has 0 saturated carbocycles. The van der Waals surface area contributed by atoms with Crippen molar-refractivity contribution in [1.29, 1.82) is 0 Å². The van der Waals surface area contributed by atoms with Crippen LogP contribution in [-0.2, 0) is 38.3 Å². The third-order valence-electron chi connectivity index (χ3n) is 11.2. The fourth-order valence-electron chi connectivity index (χ4n) is 7.38. The molecule has 1 fully saturated rings. The molecule has 4 N–H and O–H groups in total. The first-order chi connectivity index (χ1) is 30.6. The van der Waals surface area contributed by atoms with Crippen LogP contribution in [0.3, 0.4) is 0 Å². The van der Waals surface area contributed by atoms with E-state index in [0.29, 0.717) is 13.0 Å². The number of carbonyl (C=O) groups is 1. The maximum Gasteiger partial charge on any atom is 0.397 e. The monoisotopic (exact) mass is 915 g/mol. The lowest BCUT2D eigenvalue weighted by atomic mass is 9.99. The maximum atomic E-state index is 12.9. The number of unbranched alkanes of at least 4 members (excludes halogenated alkanes) is 22. The van der Waals surface area contributed by atoms with Crippen LogP contribution < -0.4 is 0 Å². The highest BCUT2D eigenvalue weighted by atomic mass is 32.3. The highest BCUT2D eigenvalue weighted by Gasteiger charge is 2.48. The van der Waals surface area contributed by atoms with Crippen LogP contribution in [0.2, 0.25) is 0 Å². The van der Waals surface area contributed by atoms with Crippen LogP contribution in [0.5, 0.6) is 0 Å². The molecule has 1 rings (SSSR count). The fourth-order valence-corrected chi connectivity index (χ4v) is 7.89. The summed E-state index contributed by atoms with van der Waals surface area (Å²) in [4.78, 5) is 12.9. The van der Waals surface area contributed by atoms with Gasteiger partial charge in [0, 0.05) is 13.0 Å². The Morgan fingerprint density at radius 1 is 0.603 bits per heavy atom. The molecule has 0 amide bonds. The van der Waals surface area contributed by atoms with Gasteiger partial charge in [-0.15, -0.1) is 0 Å². The van der Waals surface area contributed by atoms with Crippen molar-refractivity contribution in [1.82, 2.24) is 0 Å². The van der Waals surface area contributed by atoms with Gasteiger partial charge >= 0.3 is 16.4 Å². The Balaban J connectivity index is 2.40. The molecular weight excluding hydrogens is 825 g/mol. The van der Waals surface area contributed by atoms with E-state index in [0.717, 1.165) is 77.0 Å². The molecule has 368 valence electrons. The first kappa shape index (κ1) is 59.1. The van der Waals surface area contributed by atoms with E-state index in [9.17, 15) is 33.1 Å². The first-order valence-corrected chi connectivity index (χ1v) is 26.3. The molecule has 1 heterocycles. The number of aliphatic hydroxyl groups excluding tert-OH is 3. The van der Waals surface area contributed by atoms with Gasteiger partial charge in [0.1, 0.15) is 30.5 Å². The molecule has 1 aliphatic rings. The van der Waals surface area contributed by atoms with E-state index in [4.69, 9.17) is 18.9 Å². The second-order valence-corrected chi connectivity index (χ2v) is 18.1. The zero-order valence-corrected chi connectivity index (χ0v) is 40.2. The molecule has 0 aliphatic carbocycles. The van der Waals surface area contributed by atoms with E-state index in [1.807, 2.05) is 0 Å². The Kier molecular flexibility index (Phi) is 38.9. The van der Waals surface area contributed by atoms with Gasteiger partial charge in [-0.1, -0.05) is 165 Å². The molecule has 0 bridgehead atoms. The molecule has 0 radical (unpaired) electrons. The van der Waals surface area contributed by atoms with Crippen molar-refractivity contribution in [2.75, 3.05) is 26.4 Å². The molecule has 0 aromatic heterocycles. The summed E-state index contributed by atoms with van der Waals surface area (Å²) in [6.07, 6.45) is 41.3. The van der Waals surface area contributed by atoms with E-state index in [-0.39, 0.29) is 19.6 Å². The lowest BCUT2D eigenvalue weighted by Gasteiger charge is -2.41. The number of ether oxygens (including phenoxy) is 4. The minimum absolute atomic E-state index is 0.0258. The van der Waals surface area contributed by atoms with Gasteiger partial charge in [0.2, 0.25) is 0 Å². The van der Waals surface area contributed by atoms with Crippen LogP contribution in [0.4, 0.5) is 0 Å². The van der Waals surface area contributed by atoms with Crippen LogP contribution >= 0.6 is 0 Å². The molecule has 0 spiro atoms. The van der Waals surface area contributed by atoms with Crippen molar-refractivity contribution < 1.29 is 56.2 Å². The standard InChI is InChI=1S/C50H90O12S/c1-3-5-7-9-11-13-15-17-19-21-22-23-25-27-29-31-33-35-37-39-46(52)60-44(43-59-50-48(54)49(62-63(55,56)57)47(53)45(41-51)61-50)42-58-40-38-36-34-32-30-28-26-24-20-18-16-14-12-10-8-6-4-2/h11,13,17,19-20,22-24,44-45,47-51,53-54H,3-10,12,14-16,18,21,25-43H2,1-2H3,(H,55,56,57)/b13-11-,19-17-,23-22-,24-20-. The number of rotatable bonds is 43. The molecule has 6 unspecified atom stereocenters. The van der Waals surface area contributed by atoms with Gasteiger partial charge in [-0.2, -0.15) is 8.42 Å². The minimum atomic E-state index is -5.07. The topological polar surface area (TPSA) is 178 Å².